The van der Waals surface area contributed by atoms with Gasteiger partial charge in [0.05, 0.1) is 5.56 Å². The molecule has 7 heteroatoms. The molecule has 2 aromatic rings. The number of urea groups is 1. The number of carboxylic acids is 1. The maximum absolute atomic E-state index is 12.3. The molecule has 0 unspecified atom stereocenters. The van der Waals surface area contributed by atoms with Gasteiger partial charge in [0, 0.05) is 23.8 Å². The highest BCUT2D eigenvalue weighted by Crippen LogP contribution is 2.19. The van der Waals surface area contributed by atoms with E-state index in [4.69, 9.17) is 5.11 Å². The standard InChI is InChI=1S/C20H21N3O4/c24-18(21-11-10-13-4-6-14(7-5-13)19(25)26)15-2-1-3-17(12-15)23-20(27)22-16-8-9-16/h1-7,12,16H,8-11H2,(H,21,24)(H,25,26)(H2,22,23,27). The number of benzene rings is 2. The lowest BCUT2D eigenvalue weighted by Gasteiger charge is -2.09. The summed E-state index contributed by atoms with van der Waals surface area (Å²) in [5.74, 6) is -1.20. The Morgan fingerprint density at radius 3 is 2.41 bits per heavy atom. The Morgan fingerprint density at radius 1 is 1.00 bits per heavy atom. The maximum atomic E-state index is 12.3. The van der Waals surface area contributed by atoms with E-state index in [1.54, 1.807) is 48.5 Å². The molecule has 0 atom stereocenters. The zero-order valence-corrected chi connectivity index (χ0v) is 14.7. The highest BCUT2D eigenvalue weighted by Gasteiger charge is 2.23. The summed E-state index contributed by atoms with van der Waals surface area (Å²) in [5.41, 5.74) is 2.19. The summed E-state index contributed by atoms with van der Waals surface area (Å²) in [4.78, 5) is 34.9. The molecule has 0 heterocycles. The molecular weight excluding hydrogens is 346 g/mol. The SMILES string of the molecule is O=C(Nc1cccc(C(=O)NCCc2ccc(C(=O)O)cc2)c1)NC1CC1. The van der Waals surface area contributed by atoms with Gasteiger partial charge in [-0.05, 0) is 55.2 Å². The summed E-state index contributed by atoms with van der Waals surface area (Å²) < 4.78 is 0. The molecule has 0 bridgehead atoms. The van der Waals surface area contributed by atoms with Gasteiger partial charge in [-0.2, -0.15) is 0 Å². The first kappa shape index (κ1) is 18.4. The molecule has 0 saturated heterocycles. The van der Waals surface area contributed by atoms with Crippen LogP contribution < -0.4 is 16.0 Å². The molecule has 0 spiro atoms. The number of nitrogens with one attached hydrogen (secondary N) is 3. The lowest BCUT2D eigenvalue weighted by molar-refractivity contribution is 0.0696. The van der Waals surface area contributed by atoms with E-state index in [0.717, 1.165) is 18.4 Å². The van der Waals surface area contributed by atoms with Crippen molar-refractivity contribution in [1.82, 2.24) is 10.6 Å². The minimum atomic E-state index is -0.964. The Balaban J connectivity index is 1.49. The minimum Gasteiger partial charge on any atom is -0.478 e. The van der Waals surface area contributed by atoms with E-state index in [1.165, 1.54) is 0 Å². The van der Waals surface area contributed by atoms with Crippen LogP contribution in [0.3, 0.4) is 0 Å². The molecule has 4 N–H and O–H groups in total. The largest absolute Gasteiger partial charge is 0.478 e. The van der Waals surface area contributed by atoms with Crippen molar-refractivity contribution < 1.29 is 19.5 Å². The monoisotopic (exact) mass is 367 g/mol. The van der Waals surface area contributed by atoms with Crippen molar-refractivity contribution >= 4 is 23.6 Å². The molecule has 0 aromatic heterocycles. The van der Waals surface area contributed by atoms with Crippen LogP contribution in [0.2, 0.25) is 0 Å². The molecule has 0 radical (unpaired) electrons. The second kappa shape index (κ2) is 8.35. The molecule has 140 valence electrons. The van der Waals surface area contributed by atoms with Crippen LogP contribution in [0.4, 0.5) is 10.5 Å². The average molecular weight is 367 g/mol. The van der Waals surface area contributed by atoms with E-state index in [1.807, 2.05) is 0 Å². The van der Waals surface area contributed by atoms with Crippen molar-refractivity contribution in [3.8, 4) is 0 Å². The Labute approximate surface area is 156 Å². The van der Waals surface area contributed by atoms with Crippen molar-refractivity contribution in [2.75, 3.05) is 11.9 Å². The maximum Gasteiger partial charge on any atom is 0.335 e. The van der Waals surface area contributed by atoms with Gasteiger partial charge in [0.15, 0.2) is 0 Å². The number of hydrogen-bond donors (Lipinski definition) is 4. The number of carbonyl (C=O) groups excluding carboxylic acids is 2. The zero-order valence-electron chi connectivity index (χ0n) is 14.7. The van der Waals surface area contributed by atoms with Gasteiger partial charge in [0.1, 0.15) is 0 Å². The lowest BCUT2D eigenvalue weighted by Crippen LogP contribution is -2.30. The van der Waals surface area contributed by atoms with Gasteiger partial charge in [-0.3, -0.25) is 4.79 Å². The van der Waals surface area contributed by atoms with Gasteiger partial charge < -0.3 is 21.1 Å². The highest BCUT2D eigenvalue weighted by molar-refractivity contribution is 5.97. The number of hydrogen-bond acceptors (Lipinski definition) is 3. The molecule has 3 amide bonds. The van der Waals surface area contributed by atoms with Crippen LogP contribution in [0.25, 0.3) is 0 Å². The molecule has 1 saturated carbocycles. The summed E-state index contributed by atoms with van der Waals surface area (Å²) in [6.45, 7) is 0.422. The molecule has 3 rings (SSSR count). The molecule has 1 aliphatic carbocycles. The first-order chi connectivity index (χ1) is 13.0. The minimum absolute atomic E-state index is 0.233. The fourth-order valence-corrected chi connectivity index (χ4v) is 2.55. The van der Waals surface area contributed by atoms with E-state index >= 15 is 0 Å². The predicted octanol–water partition coefficient (Wildman–Crippen LogP) is 2.64. The number of anilines is 1. The van der Waals surface area contributed by atoms with Crippen molar-refractivity contribution in [2.24, 2.45) is 0 Å². The first-order valence-electron chi connectivity index (χ1n) is 8.79. The second-order valence-electron chi connectivity index (χ2n) is 6.46. The van der Waals surface area contributed by atoms with Gasteiger partial charge in [0.25, 0.3) is 5.91 Å². The molecule has 1 fully saturated rings. The molecular formula is C20H21N3O4. The quantitative estimate of drug-likeness (QED) is 0.603. The summed E-state index contributed by atoms with van der Waals surface area (Å²) in [6.07, 6.45) is 2.61. The summed E-state index contributed by atoms with van der Waals surface area (Å²) in [6, 6.07) is 13.3. The molecule has 0 aliphatic heterocycles. The first-order valence-corrected chi connectivity index (χ1v) is 8.79. The van der Waals surface area contributed by atoms with Crippen LogP contribution in [0.1, 0.15) is 39.1 Å². The van der Waals surface area contributed by atoms with Gasteiger partial charge >= 0.3 is 12.0 Å². The van der Waals surface area contributed by atoms with Crippen molar-refractivity contribution in [3.05, 3.63) is 65.2 Å². The van der Waals surface area contributed by atoms with Gasteiger partial charge in [0.2, 0.25) is 0 Å². The van der Waals surface area contributed by atoms with Crippen molar-refractivity contribution in [2.45, 2.75) is 25.3 Å². The smallest absolute Gasteiger partial charge is 0.335 e. The van der Waals surface area contributed by atoms with E-state index in [9.17, 15) is 14.4 Å². The van der Waals surface area contributed by atoms with Crippen molar-refractivity contribution in [3.63, 3.8) is 0 Å². The van der Waals surface area contributed by atoms with Crippen LogP contribution in [-0.2, 0) is 6.42 Å². The predicted molar refractivity (Wildman–Crippen MR) is 101 cm³/mol. The molecule has 1 aliphatic rings. The molecule has 7 nitrogen and oxygen atoms in total. The van der Waals surface area contributed by atoms with E-state index in [-0.39, 0.29) is 23.5 Å². The summed E-state index contributed by atoms with van der Waals surface area (Å²) in [7, 11) is 0. The van der Waals surface area contributed by atoms with Crippen LogP contribution in [0, 0.1) is 0 Å². The third-order valence-electron chi connectivity index (χ3n) is 4.20. The Bertz CT molecular complexity index is 845. The molecule has 27 heavy (non-hydrogen) atoms. The number of carboxylic acid groups (broad SMARTS) is 1. The second-order valence-corrected chi connectivity index (χ2v) is 6.46. The van der Waals surface area contributed by atoms with Gasteiger partial charge in [-0.1, -0.05) is 18.2 Å². The number of rotatable bonds is 7. The van der Waals surface area contributed by atoms with E-state index in [0.29, 0.717) is 24.2 Å². The van der Waals surface area contributed by atoms with Crippen molar-refractivity contribution in [1.29, 1.82) is 0 Å². The van der Waals surface area contributed by atoms with E-state index < -0.39 is 5.97 Å². The van der Waals surface area contributed by atoms with Crippen LogP contribution in [-0.4, -0.2) is 35.6 Å². The number of aromatic carboxylic acids is 1. The molecule has 2 aromatic carbocycles. The Morgan fingerprint density at radius 2 is 1.74 bits per heavy atom. The Kier molecular flexibility index (Phi) is 5.71. The fourth-order valence-electron chi connectivity index (χ4n) is 2.55. The number of carbonyl (C=O) groups is 3. The third-order valence-corrected chi connectivity index (χ3v) is 4.20. The van der Waals surface area contributed by atoms with Crippen LogP contribution in [0.15, 0.2) is 48.5 Å². The average Bonchev–Trinajstić information content (AvgIpc) is 3.46. The highest BCUT2D eigenvalue weighted by atomic mass is 16.4. The van der Waals surface area contributed by atoms with E-state index in [2.05, 4.69) is 16.0 Å². The fraction of sp³-hybridized carbons (Fsp3) is 0.250. The van der Waals surface area contributed by atoms with Crippen LogP contribution in [0.5, 0.6) is 0 Å². The van der Waals surface area contributed by atoms with Gasteiger partial charge in [-0.15, -0.1) is 0 Å². The van der Waals surface area contributed by atoms with Crippen LogP contribution >= 0.6 is 0 Å². The summed E-state index contributed by atoms with van der Waals surface area (Å²) >= 11 is 0. The van der Waals surface area contributed by atoms with Gasteiger partial charge in [-0.25, -0.2) is 9.59 Å². The normalized spacial score (nSPS) is 12.9. The summed E-state index contributed by atoms with van der Waals surface area (Å²) in [5, 5.41) is 17.3. The third kappa shape index (κ3) is 5.57. The zero-order chi connectivity index (χ0) is 19.2. The topological polar surface area (TPSA) is 108 Å². The Hall–Kier alpha value is -3.35. The number of amides is 3. The lowest BCUT2D eigenvalue weighted by atomic mass is 10.1.